The molecule has 0 heterocycles. The van der Waals surface area contributed by atoms with E-state index in [1.807, 2.05) is 0 Å². The van der Waals surface area contributed by atoms with Gasteiger partial charge in [0.1, 0.15) is 0 Å². The molecule has 0 spiro atoms. The molecule has 0 fully saturated rings. The Morgan fingerprint density at radius 3 is 2.63 bits per heavy atom. The zero-order valence-electron chi connectivity index (χ0n) is 12.7. The van der Waals surface area contributed by atoms with Gasteiger partial charge in [-0.2, -0.15) is 0 Å². The van der Waals surface area contributed by atoms with E-state index in [9.17, 15) is 5.11 Å². The van der Waals surface area contributed by atoms with Crippen LogP contribution in [0.25, 0.3) is 0 Å². The van der Waals surface area contributed by atoms with Crippen molar-refractivity contribution in [3.63, 3.8) is 0 Å². The van der Waals surface area contributed by atoms with Crippen molar-refractivity contribution in [2.45, 2.75) is 46.7 Å². The predicted octanol–water partition coefficient (Wildman–Crippen LogP) is 2.70. The van der Waals surface area contributed by atoms with Crippen molar-refractivity contribution in [3.8, 4) is 0 Å². The molecular weight excluding hydrogens is 236 g/mol. The van der Waals surface area contributed by atoms with Crippen LogP contribution in [0.2, 0.25) is 0 Å². The number of hydrogen-bond donors (Lipinski definition) is 2. The Balaban J connectivity index is 2.95. The normalized spacial score (nSPS) is 11.1. The van der Waals surface area contributed by atoms with E-state index < -0.39 is 0 Å². The highest BCUT2D eigenvalue weighted by Crippen LogP contribution is 2.23. The second-order valence-corrected chi connectivity index (χ2v) is 5.32. The Morgan fingerprint density at radius 2 is 2.05 bits per heavy atom. The number of anilines is 1. The lowest BCUT2D eigenvalue weighted by Gasteiger charge is -2.30. The molecule has 0 saturated heterocycles. The number of aryl methyl sites for hydroxylation is 1. The van der Waals surface area contributed by atoms with Crippen molar-refractivity contribution >= 4 is 5.69 Å². The topological polar surface area (TPSA) is 35.5 Å². The zero-order valence-corrected chi connectivity index (χ0v) is 12.7. The highest BCUT2D eigenvalue weighted by Gasteiger charge is 2.13. The van der Waals surface area contributed by atoms with Crippen LogP contribution in [0, 0.1) is 6.92 Å². The summed E-state index contributed by atoms with van der Waals surface area (Å²) in [5, 5.41) is 12.7. The monoisotopic (exact) mass is 264 g/mol. The largest absolute Gasteiger partial charge is 0.395 e. The van der Waals surface area contributed by atoms with Crippen LogP contribution in [-0.4, -0.2) is 30.8 Å². The third kappa shape index (κ3) is 4.84. The molecule has 2 N–H and O–H groups in total. The summed E-state index contributed by atoms with van der Waals surface area (Å²) in [7, 11) is 0. The second kappa shape index (κ2) is 8.18. The molecule has 0 unspecified atom stereocenters. The van der Waals surface area contributed by atoms with Crippen molar-refractivity contribution < 1.29 is 5.11 Å². The lowest BCUT2D eigenvalue weighted by atomic mass is 10.1. The first-order valence-electron chi connectivity index (χ1n) is 7.27. The van der Waals surface area contributed by atoms with Gasteiger partial charge in [0.05, 0.1) is 6.61 Å². The number of nitrogens with zero attached hydrogens (tertiary/aromatic N) is 1. The van der Waals surface area contributed by atoms with Gasteiger partial charge >= 0.3 is 0 Å². The molecule has 1 aromatic carbocycles. The molecular formula is C16H28N2O. The number of benzene rings is 1. The first-order valence-corrected chi connectivity index (χ1v) is 7.27. The van der Waals surface area contributed by atoms with E-state index in [1.165, 1.54) is 16.8 Å². The maximum atomic E-state index is 9.25. The molecule has 0 amide bonds. The van der Waals surface area contributed by atoms with E-state index >= 15 is 0 Å². The number of rotatable bonds is 8. The van der Waals surface area contributed by atoms with E-state index in [0.29, 0.717) is 12.6 Å². The van der Waals surface area contributed by atoms with E-state index in [2.05, 4.69) is 56.1 Å². The zero-order chi connectivity index (χ0) is 14.3. The summed E-state index contributed by atoms with van der Waals surface area (Å²) in [6.45, 7) is 11.4. The SMILES string of the molecule is CCCNCc1cc(C)ccc1N(CCO)C(C)C. The summed E-state index contributed by atoms with van der Waals surface area (Å²) in [6.07, 6.45) is 1.14. The number of aliphatic hydroxyl groups is 1. The molecule has 0 saturated carbocycles. The van der Waals surface area contributed by atoms with Gasteiger partial charge in [0.2, 0.25) is 0 Å². The van der Waals surface area contributed by atoms with Crippen LogP contribution in [0.4, 0.5) is 5.69 Å². The van der Waals surface area contributed by atoms with Crippen molar-refractivity contribution in [1.82, 2.24) is 5.32 Å². The lowest BCUT2D eigenvalue weighted by Crippen LogP contribution is -2.34. The molecule has 3 heteroatoms. The van der Waals surface area contributed by atoms with Gasteiger partial charge in [0, 0.05) is 24.8 Å². The maximum Gasteiger partial charge on any atom is 0.0606 e. The van der Waals surface area contributed by atoms with Crippen LogP contribution in [0.15, 0.2) is 18.2 Å². The van der Waals surface area contributed by atoms with Gasteiger partial charge < -0.3 is 15.3 Å². The maximum absolute atomic E-state index is 9.25. The smallest absolute Gasteiger partial charge is 0.0606 e. The molecule has 19 heavy (non-hydrogen) atoms. The Hall–Kier alpha value is -1.06. The molecule has 1 rings (SSSR count). The molecule has 0 atom stereocenters. The molecule has 0 aromatic heterocycles. The minimum atomic E-state index is 0.188. The molecule has 0 aliphatic rings. The number of hydrogen-bond acceptors (Lipinski definition) is 3. The molecule has 0 aliphatic carbocycles. The summed E-state index contributed by atoms with van der Waals surface area (Å²) in [6, 6.07) is 6.95. The standard InChI is InChI=1S/C16H28N2O/c1-5-8-17-12-15-11-14(4)6-7-16(15)18(9-10-19)13(2)3/h6-7,11,13,17,19H,5,8-10,12H2,1-4H3. The fourth-order valence-corrected chi connectivity index (χ4v) is 2.30. The van der Waals surface area contributed by atoms with Crippen LogP contribution in [-0.2, 0) is 6.54 Å². The number of aliphatic hydroxyl groups excluding tert-OH is 1. The summed E-state index contributed by atoms with van der Waals surface area (Å²) < 4.78 is 0. The van der Waals surface area contributed by atoms with Gasteiger partial charge in [-0.25, -0.2) is 0 Å². The quantitative estimate of drug-likeness (QED) is 0.709. The predicted molar refractivity (Wildman–Crippen MR) is 82.7 cm³/mol. The van der Waals surface area contributed by atoms with Crippen molar-refractivity contribution in [3.05, 3.63) is 29.3 Å². The van der Waals surface area contributed by atoms with E-state index in [1.54, 1.807) is 0 Å². The molecule has 0 bridgehead atoms. The van der Waals surface area contributed by atoms with E-state index in [0.717, 1.165) is 19.5 Å². The Kier molecular flexibility index (Phi) is 6.89. The van der Waals surface area contributed by atoms with Crippen LogP contribution in [0.1, 0.15) is 38.3 Å². The fraction of sp³-hybridized carbons (Fsp3) is 0.625. The van der Waals surface area contributed by atoms with Gasteiger partial charge in [-0.1, -0.05) is 24.6 Å². The van der Waals surface area contributed by atoms with Crippen molar-refractivity contribution in [2.75, 3.05) is 24.6 Å². The molecule has 1 aromatic rings. The Morgan fingerprint density at radius 1 is 1.32 bits per heavy atom. The highest BCUT2D eigenvalue weighted by atomic mass is 16.3. The van der Waals surface area contributed by atoms with Crippen molar-refractivity contribution in [2.24, 2.45) is 0 Å². The Bertz CT molecular complexity index is 377. The number of nitrogens with one attached hydrogen (secondary N) is 1. The summed E-state index contributed by atoms with van der Waals surface area (Å²) >= 11 is 0. The van der Waals surface area contributed by atoms with Crippen molar-refractivity contribution in [1.29, 1.82) is 0 Å². The van der Waals surface area contributed by atoms with E-state index in [4.69, 9.17) is 0 Å². The molecule has 0 radical (unpaired) electrons. The second-order valence-electron chi connectivity index (χ2n) is 5.32. The molecule has 0 aliphatic heterocycles. The lowest BCUT2D eigenvalue weighted by molar-refractivity contribution is 0.299. The average molecular weight is 264 g/mol. The van der Waals surface area contributed by atoms with Crippen LogP contribution >= 0.6 is 0 Å². The van der Waals surface area contributed by atoms with Gasteiger partial charge in [-0.05, 0) is 45.4 Å². The minimum absolute atomic E-state index is 0.188. The fourth-order valence-electron chi connectivity index (χ4n) is 2.30. The summed E-state index contributed by atoms with van der Waals surface area (Å²) in [4.78, 5) is 2.27. The van der Waals surface area contributed by atoms with Gasteiger partial charge in [-0.15, -0.1) is 0 Å². The van der Waals surface area contributed by atoms with Crippen LogP contribution < -0.4 is 10.2 Å². The first-order chi connectivity index (χ1) is 9.10. The Labute approximate surface area is 117 Å². The van der Waals surface area contributed by atoms with Gasteiger partial charge in [0.15, 0.2) is 0 Å². The molecule has 108 valence electrons. The van der Waals surface area contributed by atoms with E-state index in [-0.39, 0.29) is 6.61 Å². The molecule has 3 nitrogen and oxygen atoms in total. The van der Waals surface area contributed by atoms with Crippen LogP contribution in [0.3, 0.4) is 0 Å². The minimum Gasteiger partial charge on any atom is -0.395 e. The average Bonchev–Trinajstić information content (AvgIpc) is 2.37. The van der Waals surface area contributed by atoms with Gasteiger partial charge in [0.25, 0.3) is 0 Å². The summed E-state index contributed by atoms with van der Waals surface area (Å²) in [5.41, 5.74) is 3.83. The highest BCUT2D eigenvalue weighted by molar-refractivity contribution is 5.55. The van der Waals surface area contributed by atoms with Crippen LogP contribution in [0.5, 0.6) is 0 Å². The first kappa shape index (κ1) is 16.0. The third-order valence-corrected chi connectivity index (χ3v) is 3.25. The third-order valence-electron chi connectivity index (χ3n) is 3.25. The summed E-state index contributed by atoms with van der Waals surface area (Å²) in [5.74, 6) is 0. The van der Waals surface area contributed by atoms with Gasteiger partial charge in [-0.3, -0.25) is 0 Å².